The first-order valence-corrected chi connectivity index (χ1v) is 8.68. The molecule has 1 aromatic heterocycles. The second-order valence-corrected chi connectivity index (χ2v) is 6.96. The quantitative estimate of drug-likeness (QED) is 0.807. The minimum absolute atomic E-state index is 0.208. The molecule has 9 heteroatoms. The summed E-state index contributed by atoms with van der Waals surface area (Å²) < 4.78 is 0.992. The van der Waals surface area contributed by atoms with E-state index in [1.807, 2.05) is 20.8 Å². The molecule has 2 rings (SSSR count). The van der Waals surface area contributed by atoms with Crippen molar-refractivity contribution in [2.45, 2.75) is 31.3 Å². The molecule has 0 saturated heterocycles. The Hall–Kier alpha value is -2.68. The summed E-state index contributed by atoms with van der Waals surface area (Å²) in [4.78, 5) is 36.7. The number of hydrogen-bond acceptors (Lipinski definition) is 6. The fraction of sp³-hybridized carbons (Fsp3) is 0.312. The average Bonchev–Trinajstić information content (AvgIpc) is 2.56. The molecule has 2 aromatic rings. The summed E-state index contributed by atoms with van der Waals surface area (Å²) in [5, 5.41) is 10.3. The zero-order chi connectivity index (χ0) is 18.6. The summed E-state index contributed by atoms with van der Waals surface area (Å²) in [6.45, 7) is 5.46. The van der Waals surface area contributed by atoms with Crippen LogP contribution in [-0.4, -0.2) is 33.1 Å². The third-order valence-corrected chi connectivity index (χ3v) is 3.83. The van der Waals surface area contributed by atoms with Gasteiger partial charge in [0.15, 0.2) is 0 Å². The number of nitrogens with one attached hydrogen (secondary N) is 2. The molecule has 132 valence electrons. The van der Waals surface area contributed by atoms with Crippen molar-refractivity contribution in [1.82, 2.24) is 20.2 Å². The van der Waals surface area contributed by atoms with E-state index >= 15 is 0 Å². The summed E-state index contributed by atoms with van der Waals surface area (Å²) >= 11 is 1.15. The molecule has 0 aliphatic rings. The van der Waals surface area contributed by atoms with E-state index in [1.165, 1.54) is 0 Å². The lowest BCUT2D eigenvalue weighted by atomic mass is 9.93. The van der Waals surface area contributed by atoms with Crippen molar-refractivity contribution in [1.29, 1.82) is 0 Å². The lowest BCUT2D eigenvalue weighted by molar-refractivity contribution is 0.0966. The van der Waals surface area contributed by atoms with E-state index in [9.17, 15) is 14.4 Å². The SMILES string of the molecule is CSc1nnc(C(C)(C)C)c(=O)n1NC(=O)NC(=O)c1ccccc1. The van der Waals surface area contributed by atoms with E-state index in [4.69, 9.17) is 0 Å². The Balaban J connectivity index is 2.25. The van der Waals surface area contributed by atoms with E-state index in [1.54, 1.807) is 36.6 Å². The predicted molar refractivity (Wildman–Crippen MR) is 95.4 cm³/mol. The molecule has 2 N–H and O–H groups in total. The van der Waals surface area contributed by atoms with Gasteiger partial charge in [-0.3, -0.25) is 14.9 Å². The first-order valence-electron chi connectivity index (χ1n) is 7.45. The first kappa shape index (κ1) is 18.7. The van der Waals surface area contributed by atoms with E-state index < -0.39 is 22.9 Å². The monoisotopic (exact) mass is 361 g/mol. The van der Waals surface area contributed by atoms with E-state index in [0.29, 0.717) is 5.56 Å². The molecule has 0 bridgehead atoms. The fourth-order valence-electron chi connectivity index (χ4n) is 1.97. The van der Waals surface area contributed by atoms with Crippen molar-refractivity contribution >= 4 is 23.7 Å². The number of hydrogen-bond donors (Lipinski definition) is 2. The van der Waals surface area contributed by atoms with Crippen LogP contribution in [0.4, 0.5) is 4.79 Å². The molecule has 3 amide bonds. The van der Waals surface area contributed by atoms with Crippen molar-refractivity contribution in [3.63, 3.8) is 0 Å². The third-order valence-electron chi connectivity index (χ3n) is 3.20. The number of amides is 3. The second-order valence-electron chi connectivity index (χ2n) is 6.19. The molecule has 0 saturated carbocycles. The molecule has 0 radical (unpaired) electrons. The fourth-order valence-corrected chi connectivity index (χ4v) is 2.40. The summed E-state index contributed by atoms with van der Waals surface area (Å²) in [5.74, 6) is -0.574. The maximum atomic E-state index is 12.6. The number of benzene rings is 1. The second kappa shape index (κ2) is 7.47. The van der Waals surface area contributed by atoms with Crippen molar-refractivity contribution in [2.75, 3.05) is 11.7 Å². The van der Waals surface area contributed by atoms with Crippen molar-refractivity contribution in [3.8, 4) is 0 Å². The molecular formula is C16H19N5O3S. The third kappa shape index (κ3) is 4.44. The Bertz CT molecular complexity index is 843. The largest absolute Gasteiger partial charge is 0.340 e. The lowest BCUT2D eigenvalue weighted by Gasteiger charge is -2.18. The van der Waals surface area contributed by atoms with Gasteiger partial charge in [0, 0.05) is 11.0 Å². The number of nitrogens with zero attached hydrogens (tertiary/aromatic N) is 3. The Morgan fingerprint density at radius 3 is 2.32 bits per heavy atom. The highest BCUT2D eigenvalue weighted by molar-refractivity contribution is 7.98. The van der Waals surface area contributed by atoms with Crippen molar-refractivity contribution < 1.29 is 9.59 Å². The molecule has 0 aliphatic carbocycles. The van der Waals surface area contributed by atoms with Gasteiger partial charge in [0.1, 0.15) is 5.69 Å². The highest BCUT2D eigenvalue weighted by Gasteiger charge is 2.24. The molecule has 1 heterocycles. The first-order chi connectivity index (χ1) is 11.7. The number of rotatable bonds is 3. The molecule has 8 nitrogen and oxygen atoms in total. The zero-order valence-electron chi connectivity index (χ0n) is 14.4. The predicted octanol–water partition coefficient (Wildman–Crippen LogP) is 1.75. The number of thioether (sulfide) groups is 1. The Labute approximate surface area is 149 Å². The van der Waals surface area contributed by atoms with Crippen LogP contribution >= 0.6 is 11.8 Å². The van der Waals surface area contributed by atoms with Crippen LogP contribution in [0.5, 0.6) is 0 Å². The van der Waals surface area contributed by atoms with Crippen LogP contribution in [0, 0.1) is 0 Å². The normalized spacial score (nSPS) is 11.0. The molecule has 25 heavy (non-hydrogen) atoms. The van der Waals surface area contributed by atoms with Gasteiger partial charge >= 0.3 is 6.03 Å². The van der Waals surface area contributed by atoms with Crippen LogP contribution in [0.2, 0.25) is 0 Å². The van der Waals surface area contributed by atoms with Crippen LogP contribution in [0.1, 0.15) is 36.8 Å². The van der Waals surface area contributed by atoms with Gasteiger partial charge in [0.05, 0.1) is 0 Å². The van der Waals surface area contributed by atoms with E-state index in [2.05, 4.69) is 20.9 Å². The molecular weight excluding hydrogens is 342 g/mol. The van der Waals surface area contributed by atoms with Crippen LogP contribution in [0.25, 0.3) is 0 Å². The minimum atomic E-state index is -0.834. The summed E-state index contributed by atoms with van der Waals surface area (Å²) in [6.07, 6.45) is 1.70. The van der Waals surface area contributed by atoms with Crippen LogP contribution in [-0.2, 0) is 5.41 Å². The Morgan fingerprint density at radius 1 is 1.12 bits per heavy atom. The topological polar surface area (TPSA) is 106 Å². The average molecular weight is 361 g/mol. The number of aromatic nitrogens is 3. The number of carbonyl (C=O) groups is 2. The van der Waals surface area contributed by atoms with E-state index in [0.717, 1.165) is 16.4 Å². The van der Waals surface area contributed by atoms with E-state index in [-0.39, 0.29) is 10.9 Å². The van der Waals surface area contributed by atoms with Crippen molar-refractivity contribution in [3.05, 3.63) is 51.9 Å². The van der Waals surface area contributed by atoms with Gasteiger partial charge < -0.3 is 0 Å². The number of urea groups is 1. The minimum Gasteiger partial charge on any atom is -0.273 e. The summed E-state index contributed by atoms with van der Waals surface area (Å²) in [6, 6.07) is 7.45. The molecule has 1 aromatic carbocycles. The van der Waals surface area contributed by atoms with Gasteiger partial charge in [-0.25, -0.2) is 10.2 Å². The highest BCUT2D eigenvalue weighted by atomic mass is 32.2. The Morgan fingerprint density at radius 2 is 1.76 bits per heavy atom. The van der Waals surface area contributed by atoms with Gasteiger partial charge in [0.25, 0.3) is 11.5 Å². The van der Waals surface area contributed by atoms with Gasteiger partial charge in [-0.05, 0) is 18.4 Å². The number of imide groups is 1. The lowest BCUT2D eigenvalue weighted by Crippen LogP contribution is -2.45. The maximum Gasteiger partial charge on any atom is 0.340 e. The Kier molecular flexibility index (Phi) is 5.58. The van der Waals surface area contributed by atoms with Crippen molar-refractivity contribution in [2.24, 2.45) is 0 Å². The van der Waals surface area contributed by atoms with Gasteiger partial charge in [-0.2, -0.15) is 4.68 Å². The molecule has 0 fully saturated rings. The summed E-state index contributed by atoms with van der Waals surface area (Å²) in [5.41, 5.74) is 1.86. The smallest absolute Gasteiger partial charge is 0.273 e. The molecule has 0 unspecified atom stereocenters. The van der Waals surface area contributed by atoms with Crippen LogP contribution in [0.15, 0.2) is 40.3 Å². The molecule has 0 aliphatic heterocycles. The molecule has 0 atom stereocenters. The zero-order valence-corrected chi connectivity index (χ0v) is 15.2. The van der Waals surface area contributed by atoms with Gasteiger partial charge in [-0.15, -0.1) is 10.2 Å². The molecule has 0 spiro atoms. The standard InChI is InChI=1S/C16H19N5O3S/c1-16(2,3)11-13(23)21(15(25-4)19-18-11)20-14(24)17-12(22)10-8-6-5-7-9-10/h5-9H,1-4H3,(H2,17,20,22,24). The van der Waals surface area contributed by atoms with Gasteiger partial charge in [0.2, 0.25) is 5.16 Å². The van der Waals surface area contributed by atoms with Crippen LogP contribution in [0.3, 0.4) is 0 Å². The highest BCUT2D eigenvalue weighted by Crippen LogP contribution is 2.17. The maximum absolute atomic E-state index is 12.6. The summed E-state index contributed by atoms with van der Waals surface area (Å²) in [7, 11) is 0. The van der Waals surface area contributed by atoms with Crippen LogP contribution < -0.4 is 16.3 Å². The number of carbonyl (C=O) groups excluding carboxylic acids is 2. The van der Waals surface area contributed by atoms with Gasteiger partial charge in [-0.1, -0.05) is 50.7 Å².